The molecular formula is C13H21N5O2. The largest absolute Gasteiger partial charge is 0.345 e. The van der Waals surface area contributed by atoms with Crippen molar-refractivity contribution in [2.45, 2.75) is 52.2 Å². The maximum atomic E-state index is 12.1. The highest BCUT2D eigenvalue weighted by molar-refractivity contribution is 5.94. The van der Waals surface area contributed by atoms with Gasteiger partial charge in [0.15, 0.2) is 0 Å². The summed E-state index contributed by atoms with van der Waals surface area (Å²) < 4.78 is 1.78. The van der Waals surface area contributed by atoms with Crippen LogP contribution in [0.3, 0.4) is 0 Å². The Morgan fingerprint density at radius 1 is 1.45 bits per heavy atom. The zero-order valence-electron chi connectivity index (χ0n) is 12.2. The van der Waals surface area contributed by atoms with Crippen LogP contribution in [0.4, 0.5) is 0 Å². The maximum Gasteiger partial charge on any atom is 0.243 e. The summed E-state index contributed by atoms with van der Waals surface area (Å²) in [7, 11) is 0. The molecule has 1 atom stereocenters. The van der Waals surface area contributed by atoms with Crippen molar-refractivity contribution < 1.29 is 9.59 Å². The van der Waals surface area contributed by atoms with Crippen LogP contribution >= 0.6 is 0 Å². The minimum absolute atomic E-state index is 0.0643. The van der Waals surface area contributed by atoms with E-state index in [1.807, 2.05) is 20.8 Å². The third-order valence-corrected chi connectivity index (χ3v) is 3.42. The number of nitrogens with one attached hydrogen (secondary N) is 1. The highest BCUT2D eigenvalue weighted by Crippen LogP contribution is 2.16. The standard InChI is InChI=1S/C13H21N5O2/c1-4-5-10-13(20)14-6-12(19)17(10)7-11-15-8-16-18(11)9(2)3/h8-10H,4-7H2,1-3H3,(H,14,20). The molecule has 1 N–H and O–H groups in total. The fourth-order valence-electron chi connectivity index (χ4n) is 2.43. The van der Waals surface area contributed by atoms with Crippen molar-refractivity contribution in [2.75, 3.05) is 6.54 Å². The lowest BCUT2D eigenvalue weighted by molar-refractivity contribution is -0.146. The first-order valence-corrected chi connectivity index (χ1v) is 7.00. The second kappa shape index (κ2) is 6.02. The number of amides is 2. The summed E-state index contributed by atoms with van der Waals surface area (Å²) >= 11 is 0. The Bertz CT molecular complexity index is 497. The molecule has 0 aromatic carbocycles. The van der Waals surface area contributed by atoms with Crippen LogP contribution < -0.4 is 5.32 Å². The van der Waals surface area contributed by atoms with E-state index in [0.717, 1.165) is 6.42 Å². The molecule has 1 aliphatic rings. The van der Waals surface area contributed by atoms with Crippen molar-refractivity contribution in [3.05, 3.63) is 12.2 Å². The summed E-state index contributed by atoms with van der Waals surface area (Å²) in [6.45, 7) is 6.41. The number of nitrogens with zero attached hydrogens (tertiary/aromatic N) is 4. The Balaban J connectivity index is 2.21. The Hall–Kier alpha value is -1.92. The van der Waals surface area contributed by atoms with Crippen LogP contribution in [-0.4, -0.2) is 44.1 Å². The van der Waals surface area contributed by atoms with Gasteiger partial charge in [0.25, 0.3) is 0 Å². The van der Waals surface area contributed by atoms with E-state index in [1.165, 1.54) is 6.33 Å². The van der Waals surface area contributed by atoms with Crippen LogP contribution in [0.15, 0.2) is 6.33 Å². The molecule has 0 bridgehead atoms. The van der Waals surface area contributed by atoms with Crippen LogP contribution in [-0.2, 0) is 16.1 Å². The zero-order chi connectivity index (χ0) is 14.7. The van der Waals surface area contributed by atoms with Gasteiger partial charge in [0, 0.05) is 6.04 Å². The van der Waals surface area contributed by atoms with E-state index in [4.69, 9.17) is 0 Å². The molecule has 1 saturated heterocycles. The third-order valence-electron chi connectivity index (χ3n) is 3.42. The predicted molar refractivity (Wildman–Crippen MR) is 72.7 cm³/mol. The van der Waals surface area contributed by atoms with Crippen molar-refractivity contribution in [2.24, 2.45) is 0 Å². The van der Waals surface area contributed by atoms with Gasteiger partial charge >= 0.3 is 0 Å². The fraction of sp³-hybridized carbons (Fsp3) is 0.692. The number of aromatic nitrogens is 3. The fourth-order valence-corrected chi connectivity index (χ4v) is 2.43. The Kier molecular flexibility index (Phi) is 4.36. The van der Waals surface area contributed by atoms with Crippen molar-refractivity contribution in [3.63, 3.8) is 0 Å². The van der Waals surface area contributed by atoms with Gasteiger partial charge in [-0.15, -0.1) is 0 Å². The lowest BCUT2D eigenvalue weighted by Gasteiger charge is -2.34. The Labute approximate surface area is 118 Å². The Morgan fingerprint density at radius 2 is 2.20 bits per heavy atom. The second-order valence-electron chi connectivity index (χ2n) is 5.26. The summed E-state index contributed by atoms with van der Waals surface area (Å²) in [5.74, 6) is 0.563. The van der Waals surface area contributed by atoms with Gasteiger partial charge in [0.1, 0.15) is 18.2 Å². The molecule has 2 heterocycles. The molecule has 1 aromatic rings. The predicted octanol–water partition coefficient (Wildman–Crippen LogP) is 0.486. The lowest BCUT2D eigenvalue weighted by Crippen LogP contribution is -2.58. The molecular weight excluding hydrogens is 258 g/mol. The number of piperazine rings is 1. The van der Waals surface area contributed by atoms with Gasteiger partial charge in [0.2, 0.25) is 11.8 Å². The highest BCUT2D eigenvalue weighted by Gasteiger charge is 2.34. The van der Waals surface area contributed by atoms with Gasteiger partial charge < -0.3 is 10.2 Å². The van der Waals surface area contributed by atoms with Gasteiger partial charge in [-0.05, 0) is 20.3 Å². The van der Waals surface area contributed by atoms with Crippen molar-refractivity contribution in [1.82, 2.24) is 25.0 Å². The second-order valence-corrected chi connectivity index (χ2v) is 5.26. The van der Waals surface area contributed by atoms with E-state index in [-0.39, 0.29) is 24.4 Å². The topological polar surface area (TPSA) is 80.1 Å². The van der Waals surface area contributed by atoms with E-state index in [9.17, 15) is 9.59 Å². The van der Waals surface area contributed by atoms with Gasteiger partial charge in [-0.1, -0.05) is 13.3 Å². The molecule has 1 unspecified atom stereocenters. The monoisotopic (exact) mass is 279 g/mol. The van der Waals surface area contributed by atoms with Crippen molar-refractivity contribution in [1.29, 1.82) is 0 Å². The van der Waals surface area contributed by atoms with E-state index >= 15 is 0 Å². The number of carbonyl (C=O) groups excluding carboxylic acids is 2. The van der Waals surface area contributed by atoms with Crippen LogP contribution in [0.1, 0.15) is 45.5 Å². The summed E-state index contributed by atoms with van der Waals surface area (Å²) in [6, 6.07) is -0.232. The number of rotatable bonds is 5. The lowest BCUT2D eigenvalue weighted by atomic mass is 10.1. The molecule has 2 amide bonds. The molecule has 0 saturated carbocycles. The first kappa shape index (κ1) is 14.5. The average molecular weight is 279 g/mol. The smallest absolute Gasteiger partial charge is 0.243 e. The summed E-state index contributed by atoms with van der Waals surface area (Å²) in [6.07, 6.45) is 2.99. The molecule has 7 heteroatoms. The first-order chi connectivity index (χ1) is 9.54. The number of hydrogen-bond donors (Lipinski definition) is 1. The van der Waals surface area contributed by atoms with E-state index in [1.54, 1.807) is 9.58 Å². The van der Waals surface area contributed by atoms with Crippen LogP contribution in [0.25, 0.3) is 0 Å². The minimum Gasteiger partial charge on any atom is -0.345 e. The Morgan fingerprint density at radius 3 is 2.85 bits per heavy atom. The van der Waals surface area contributed by atoms with Gasteiger partial charge in [0.05, 0.1) is 13.1 Å². The summed E-state index contributed by atoms with van der Waals surface area (Å²) in [4.78, 5) is 29.9. The molecule has 7 nitrogen and oxygen atoms in total. The average Bonchev–Trinajstić information content (AvgIpc) is 2.86. The zero-order valence-corrected chi connectivity index (χ0v) is 12.2. The van der Waals surface area contributed by atoms with Crippen LogP contribution in [0, 0.1) is 0 Å². The summed E-state index contributed by atoms with van der Waals surface area (Å²) in [5.41, 5.74) is 0. The van der Waals surface area contributed by atoms with Crippen molar-refractivity contribution >= 4 is 11.8 Å². The van der Waals surface area contributed by atoms with Gasteiger partial charge in [-0.25, -0.2) is 9.67 Å². The highest BCUT2D eigenvalue weighted by atomic mass is 16.2. The molecule has 0 radical (unpaired) electrons. The first-order valence-electron chi connectivity index (χ1n) is 7.00. The third kappa shape index (κ3) is 2.81. The molecule has 1 aliphatic heterocycles. The van der Waals surface area contributed by atoms with E-state index < -0.39 is 6.04 Å². The number of hydrogen-bond acceptors (Lipinski definition) is 4. The minimum atomic E-state index is -0.404. The normalized spacial score (nSPS) is 19.6. The molecule has 0 spiro atoms. The van der Waals surface area contributed by atoms with E-state index in [0.29, 0.717) is 18.8 Å². The number of carbonyl (C=O) groups is 2. The maximum absolute atomic E-state index is 12.1. The molecule has 20 heavy (non-hydrogen) atoms. The summed E-state index contributed by atoms with van der Waals surface area (Å²) in [5, 5.41) is 6.80. The van der Waals surface area contributed by atoms with Gasteiger partial charge in [-0.2, -0.15) is 5.10 Å². The van der Waals surface area contributed by atoms with Crippen LogP contribution in [0.2, 0.25) is 0 Å². The molecule has 1 aromatic heterocycles. The van der Waals surface area contributed by atoms with E-state index in [2.05, 4.69) is 15.4 Å². The van der Waals surface area contributed by atoms with Crippen LogP contribution in [0.5, 0.6) is 0 Å². The van der Waals surface area contributed by atoms with Crippen molar-refractivity contribution in [3.8, 4) is 0 Å². The SMILES string of the molecule is CCCC1C(=O)NCC(=O)N1Cc1ncnn1C(C)C. The molecule has 0 aliphatic carbocycles. The van der Waals surface area contributed by atoms with Gasteiger partial charge in [-0.3, -0.25) is 9.59 Å². The molecule has 1 fully saturated rings. The molecule has 2 rings (SSSR count). The quantitative estimate of drug-likeness (QED) is 0.850. The molecule has 110 valence electrons.